The standard InChI is InChI=1S/C18H22O7S2/c1-14-6-8-17(9-7-14)27(21,22)24-11-10-23-13-18(25-26(19)20)16-5-3-4-15(2)12-16/h3-9,12,18,26H,10-11,13H2,1-2H3. The number of rotatable bonds is 10. The lowest BCUT2D eigenvalue weighted by Crippen LogP contribution is -2.16. The molecule has 0 saturated carbocycles. The Morgan fingerprint density at radius 2 is 1.67 bits per heavy atom. The van der Waals surface area contributed by atoms with Gasteiger partial charge in [-0.15, -0.1) is 0 Å². The van der Waals surface area contributed by atoms with Crippen LogP contribution >= 0.6 is 0 Å². The Labute approximate surface area is 161 Å². The highest BCUT2D eigenvalue weighted by atomic mass is 32.2. The van der Waals surface area contributed by atoms with E-state index in [4.69, 9.17) is 13.1 Å². The second-order valence-electron chi connectivity index (χ2n) is 5.90. The van der Waals surface area contributed by atoms with Gasteiger partial charge in [-0.2, -0.15) is 8.42 Å². The maximum Gasteiger partial charge on any atom is 0.297 e. The summed E-state index contributed by atoms with van der Waals surface area (Å²) in [5, 5.41) is 0. The molecular weight excluding hydrogens is 392 g/mol. The second-order valence-corrected chi connectivity index (χ2v) is 8.17. The van der Waals surface area contributed by atoms with Crippen molar-refractivity contribution in [3.8, 4) is 0 Å². The van der Waals surface area contributed by atoms with Crippen molar-refractivity contribution >= 4 is 21.1 Å². The van der Waals surface area contributed by atoms with Crippen molar-refractivity contribution in [2.75, 3.05) is 19.8 Å². The van der Waals surface area contributed by atoms with Crippen LogP contribution in [0.15, 0.2) is 53.4 Å². The van der Waals surface area contributed by atoms with Gasteiger partial charge in [0, 0.05) is 0 Å². The summed E-state index contributed by atoms with van der Waals surface area (Å²) < 4.78 is 61.2. The average molecular weight is 415 g/mol. The molecule has 0 amide bonds. The zero-order valence-corrected chi connectivity index (χ0v) is 16.7. The molecule has 0 aromatic heterocycles. The van der Waals surface area contributed by atoms with E-state index < -0.39 is 27.2 Å². The van der Waals surface area contributed by atoms with Gasteiger partial charge in [0.1, 0.15) is 6.10 Å². The molecule has 0 heterocycles. The van der Waals surface area contributed by atoms with E-state index in [-0.39, 0.29) is 24.7 Å². The summed E-state index contributed by atoms with van der Waals surface area (Å²) in [5.74, 6) is 0. The van der Waals surface area contributed by atoms with Crippen LogP contribution in [-0.4, -0.2) is 36.7 Å². The highest BCUT2D eigenvalue weighted by molar-refractivity contribution is 7.86. The highest BCUT2D eigenvalue weighted by Gasteiger charge is 2.16. The molecule has 148 valence electrons. The minimum absolute atomic E-state index is 0.0353. The Bertz CT molecular complexity index is 911. The summed E-state index contributed by atoms with van der Waals surface area (Å²) >= 11 is 0. The minimum atomic E-state index is -3.86. The van der Waals surface area contributed by atoms with E-state index in [9.17, 15) is 16.8 Å². The third-order valence-corrected chi connectivity index (χ3v) is 5.43. The first-order valence-electron chi connectivity index (χ1n) is 8.19. The highest BCUT2D eigenvalue weighted by Crippen LogP contribution is 2.19. The van der Waals surface area contributed by atoms with Gasteiger partial charge in [-0.25, -0.2) is 8.42 Å². The molecule has 1 unspecified atom stereocenters. The SMILES string of the molecule is Cc1ccc(S(=O)(=O)OCCOCC(O[SH](=O)=O)c2cccc(C)c2)cc1. The van der Waals surface area contributed by atoms with Crippen molar-refractivity contribution in [2.24, 2.45) is 0 Å². The zero-order chi connectivity index (χ0) is 19.9. The summed E-state index contributed by atoms with van der Waals surface area (Å²) in [6.45, 7) is 3.45. The number of hydrogen-bond donors (Lipinski definition) is 1. The predicted octanol–water partition coefficient (Wildman–Crippen LogP) is 2.31. The number of aryl methyl sites for hydroxylation is 2. The first-order chi connectivity index (χ1) is 12.8. The monoisotopic (exact) mass is 414 g/mol. The fourth-order valence-electron chi connectivity index (χ4n) is 2.33. The Balaban J connectivity index is 1.87. The molecule has 9 heteroatoms. The second kappa shape index (κ2) is 9.95. The molecule has 0 radical (unpaired) electrons. The smallest absolute Gasteiger partial charge is 0.297 e. The summed E-state index contributed by atoms with van der Waals surface area (Å²) in [4.78, 5) is 0.0671. The van der Waals surface area contributed by atoms with Crippen LogP contribution in [0.3, 0.4) is 0 Å². The topological polar surface area (TPSA) is 96.0 Å². The fourth-order valence-corrected chi connectivity index (χ4v) is 3.61. The molecule has 1 atom stereocenters. The lowest BCUT2D eigenvalue weighted by Gasteiger charge is -2.15. The van der Waals surface area contributed by atoms with Gasteiger partial charge in [0.15, 0.2) is 0 Å². The van der Waals surface area contributed by atoms with Crippen LogP contribution in [0.5, 0.6) is 0 Å². The molecule has 0 aliphatic rings. The minimum Gasteiger partial charge on any atom is -0.376 e. The lowest BCUT2D eigenvalue weighted by atomic mass is 10.1. The molecule has 0 spiro atoms. The van der Waals surface area contributed by atoms with E-state index >= 15 is 0 Å². The van der Waals surface area contributed by atoms with Crippen molar-refractivity contribution in [1.29, 1.82) is 0 Å². The number of hydrogen-bond acceptors (Lipinski definition) is 7. The molecule has 27 heavy (non-hydrogen) atoms. The van der Waals surface area contributed by atoms with Gasteiger partial charge in [0.2, 0.25) is 0 Å². The van der Waals surface area contributed by atoms with Crippen molar-refractivity contribution in [1.82, 2.24) is 0 Å². The van der Waals surface area contributed by atoms with Crippen LogP contribution in [0.2, 0.25) is 0 Å². The first kappa shape index (κ1) is 21.5. The van der Waals surface area contributed by atoms with Gasteiger partial charge in [-0.3, -0.25) is 8.37 Å². The van der Waals surface area contributed by atoms with Crippen LogP contribution in [0, 0.1) is 13.8 Å². The molecule has 7 nitrogen and oxygen atoms in total. The van der Waals surface area contributed by atoms with E-state index in [2.05, 4.69) is 0 Å². The summed E-state index contributed by atoms with van der Waals surface area (Å²) in [6.07, 6.45) is -0.806. The Morgan fingerprint density at radius 3 is 2.30 bits per heavy atom. The number of ether oxygens (including phenoxy) is 1. The van der Waals surface area contributed by atoms with Gasteiger partial charge in [0.05, 0.1) is 24.7 Å². The normalized spacial score (nSPS) is 13.0. The molecule has 0 aliphatic carbocycles. The van der Waals surface area contributed by atoms with E-state index in [1.807, 2.05) is 19.9 Å². The van der Waals surface area contributed by atoms with Gasteiger partial charge in [-0.1, -0.05) is 47.5 Å². The van der Waals surface area contributed by atoms with Crippen LogP contribution in [0.1, 0.15) is 22.8 Å². The quantitative estimate of drug-likeness (QED) is 0.362. The Morgan fingerprint density at radius 1 is 0.963 bits per heavy atom. The zero-order valence-electron chi connectivity index (χ0n) is 15.0. The molecule has 2 aromatic rings. The van der Waals surface area contributed by atoms with Crippen LogP contribution in [0.25, 0.3) is 0 Å². The van der Waals surface area contributed by atoms with Gasteiger partial charge in [0.25, 0.3) is 21.1 Å². The molecule has 2 aromatic carbocycles. The van der Waals surface area contributed by atoms with Gasteiger partial charge in [-0.05, 0) is 31.5 Å². The molecule has 0 saturated heterocycles. The van der Waals surface area contributed by atoms with E-state index in [0.29, 0.717) is 5.56 Å². The van der Waals surface area contributed by atoms with E-state index in [1.54, 1.807) is 30.3 Å². The third-order valence-electron chi connectivity index (χ3n) is 3.67. The summed E-state index contributed by atoms with van der Waals surface area (Å²) in [5.41, 5.74) is 2.55. The van der Waals surface area contributed by atoms with Crippen molar-refractivity contribution in [3.05, 3.63) is 65.2 Å². The molecule has 2 rings (SSSR count). The molecule has 0 N–H and O–H groups in total. The summed E-state index contributed by atoms with van der Waals surface area (Å²) in [6, 6.07) is 13.5. The van der Waals surface area contributed by atoms with E-state index in [1.165, 1.54) is 12.1 Å². The number of benzene rings is 2. The van der Waals surface area contributed by atoms with Crippen molar-refractivity contribution in [2.45, 2.75) is 24.8 Å². The average Bonchev–Trinajstić information content (AvgIpc) is 2.60. The molecule has 0 aliphatic heterocycles. The van der Waals surface area contributed by atoms with Gasteiger partial charge >= 0.3 is 0 Å². The van der Waals surface area contributed by atoms with Gasteiger partial charge < -0.3 is 4.74 Å². The van der Waals surface area contributed by atoms with Crippen LogP contribution in [-0.2, 0) is 34.2 Å². The maximum atomic E-state index is 12.1. The number of thiol groups is 1. The third kappa shape index (κ3) is 7.04. The molecule has 0 bridgehead atoms. The van der Waals surface area contributed by atoms with Crippen molar-refractivity contribution in [3.63, 3.8) is 0 Å². The molecule has 0 fully saturated rings. The Kier molecular flexibility index (Phi) is 7.93. The molecular formula is C18H22O7S2. The predicted molar refractivity (Wildman–Crippen MR) is 100 cm³/mol. The fraction of sp³-hybridized carbons (Fsp3) is 0.333. The Hall–Kier alpha value is -1.78. The van der Waals surface area contributed by atoms with Crippen molar-refractivity contribution < 1.29 is 29.9 Å². The largest absolute Gasteiger partial charge is 0.376 e. The summed E-state index contributed by atoms with van der Waals surface area (Å²) in [7, 11) is -6.92. The maximum absolute atomic E-state index is 12.1. The van der Waals surface area contributed by atoms with Crippen LogP contribution < -0.4 is 0 Å². The van der Waals surface area contributed by atoms with E-state index in [0.717, 1.165) is 11.1 Å². The van der Waals surface area contributed by atoms with Crippen LogP contribution in [0.4, 0.5) is 0 Å². The first-order valence-corrected chi connectivity index (χ1v) is 10.7. The lowest BCUT2D eigenvalue weighted by molar-refractivity contribution is 0.0409.